The monoisotopic (exact) mass is 370 g/mol. The van der Waals surface area contributed by atoms with Crippen molar-refractivity contribution in [2.75, 3.05) is 39.0 Å². The summed E-state index contributed by atoms with van der Waals surface area (Å²) in [5, 5.41) is 2.09. The van der Waals surface area contributed by atoms with Gasteiger partial charge in [-0.3, -0.25) is 9.00 Å². The Morgan fingerprint density at radius 1 is 1.04 bits per heavy atom. The van der Waals surface area contributed by atoms with E-state index in [0.29, 0.717) is 5.75 Å². The van der Waals surface area contributed by atoms with Crippen molar-refractivity contribution in [1.82, 2.24) is 9.80 Å². The lowest BCUT2D eigenvalue weighted by Gasteiger charge is -2.32. The van der Waals surface area contributed by atoms with Crippen LogP contribution in [-0.2, 0) is 21.3 Å². The van der Waals surface area contributed by atoms with Gasteiger partial charge in [-0.05, 0) is 30.8 Å². The van der Waals surface area contributed by atoms with Gasteiger partial charge in [-0.25, -0.2) is 0 Å². The minimum atomic E-state index is -1.21. The number of rotatable bonds is 4. The van der Waals surface area contributed by atoms with Gasteiger partial charge in [-0.1, -0.05) is 24.3 Å². The molecule has 26 heavy (non-hydrogen) atoms. The largest absolute Gasteiger partial charge is 0.456 e. The number of likely N-dealkylation sites (N-methyl/N-ethyl adjacent to an activating group) is 1. The molecule has 0 spiro atoms. The van der Waals surface area contributed by atoms with Crippen molar-refractivity contribution in [3.05, 3.63) is 48.0 Å². The quantitative estimate of drug-likeness (QED) is 0.708. The fourth-order valence-electron chi connectivity index (χ4n) is 3.38. The van der Waals surface area contributed by atoms with E-state index in [4.69, 9.17) is 4.42 Å². The van der Waals surface area contributed by atoms with Crippen LogP contribution in [0.25, 0.3) is 21.9 Å². The molecule has 0 bridgehead atoms. The van der Waals surface area contributed by atoms with Crippen molar-refractivity contribution in [2.45, 2.75) is 5.75 Å². The van der Waals surface area contributed by atoms with E-state index in [1.165, 1.54) is 0 Å². The maximum absolute atomic E-state index is 12.5. The minimum Gasteiger partial charge on any atom is -0.456 e. The lowest BCUT2D eigenvalue weighted by molar-refractivity contribution is -0.129. The minimum absolute atomic E-state index is 0.00808. The lowest BCUT2D eigenvalue weighted by atomic mass is 10.1. The van der Waals surface area contributed by atoms with E-state index in [-0.39, 0.29) is 11.7 Å². The summed E-state index contributed by atoms with van der Waals surface area (Å²) < 4.78 is 18.3. The number of carbonyl (C=O) groups excluding carboxylic acids is 1. The summed E-state index contributed by atoms with van der Waals surface area (Å²) in [7, 11) is 0.840. The van der Waals surface area contributed by atoms with Crippen LogP contribution < -0.4 is 0 Å². The number of hydrogen-bond acceptors (Lipinski definition) is 4. The second-order valence-electron chi connectivity index (χ2n) is 6.84. The Morgan fingerprint density at radius 2 is 1.77 bits per heavy atom. The second-order valence-corrected chi connectivity index (χ2v) is 8.30. The van der Waals surface area contributed by atoms with Crippen LogP contribution in [0.1, 0.15) is 5.56 Å². The first-order valence-electron chi connectivity index (χ1n) is 8.81. The first-order valence-corrected chi connectivity index (χ1v) is 10.3. The Balaban J connectivity index is 1.45. The van der Waals surface area contributed by atoms with E-state index in [1.807, 2.05) is 47.4 Å². The number of hydrogen-bond donors (Lipinski definition) is 0. The summed E-state index contributed by atoms with van der Waals surface area (Å²) in [4.78, 5) is 16.4. The number of carbonyl (C=O) groups is 1. The van der Waals surface area contributed by atoms with E-state index in [9.17, 15) is 9.00 Å². The molecule has 136 valence electrons. The molecule has 1 aliphatic rings. The van der Waals surface area contributed by atoms with Gasteiger partial charge in [0.1, 0.15) is 16.9 Å². The van der Waals surface area contributed by atoms with E-state index < -0.39 is 10.8 Å². The third-order valence-electron chi connectivity index (χ3n) is 4.91. The van der Waals surface area contributed by atoms with Gasteiger partial charge in [-0.2, -0.15) is 0 Å². The molecule has 2 aromatic carbocycles. The molecule has 0 saturated carbocycles. The summed E-state index contributed by atoms with van der Waals surface area (Å²) in [6.45, 7) is 3.20. The molecule has 1 atom stereocenters. The molecule has 1 aromatic heterocycles. The molecule has 6 heteroatoms. The standard InChI is InChI=1S/C20H22N2O3S/c1-21-8-10-22(11-9-21)20(23)14-26(24)13-15-6-7-19-17(12-15)16-4-2-3-5-18(16)25-19/h2-7,12H,8-11,13-14H2,1H3. The summed E-state index contributed by atoms with van der Waals surface area (Å²) in [6, 6.07) is 13.8. The molecule has 5 nitrogen and oxygen atoms in total. The highest BCUT2D eigenvalue weighted by molar-refractivity contribution is 7.84. The van der Waals surface area contributed by atoms with Crippen LogP contribution >= 0.6 is 0 Å². The van der Waals surface area contributed by atoms with Crippen LogP contribution in [0, 0.1) is 0 Å². The molecule has 0 aliphatic carbocycles. The van der Waals surface area contributed by atoms with Gasteiger partial charge in [0.15, 0.2) is 0 Å². The van der Waals surface area contributed by atoms with Crippen LogP contribution in [0.2, 0.25) is 0 Å². The number of amides is 1. The molecule has 3 aromatic rings. The molecule has 1 amide bonds. The maximum Gasteiger partial charge on any atom is 0.235 e. The smallest absolute Gasteiger partial charge is 0.235 e. The fraction of sp³-hybridized carbons (Fsp3) is 0.350. The van der Waals surface area contributed by atoms with Crippen molar-refractivity contribution in [3.8, 4) is 0 Å². The zero-order chi connectivity index (χ0) is 18.1. The van der Waals surface area contributed by atoms with Crippen LogP contribution in [0.15, 0.2) is 46.9 Å². The highest BCUT2D eigenvalue weighted by Gasteiger charge is 2.20. The Kier molecular flexibility index (Phi) is 4.78. The van der Waals surface area contributed by atoms with Gasteiger partial charge in [0.05, 0.1) is 0 Å². The van der Waals surface area contributed by atoms with E-state index in [1.54, 1.807) is 0 Å². The number of benzene rings is 2. The topological polar surface area (TPSA) is 53.8 Å². The van der Waals surface area contributed by atoms with Gasteiger partial charge >= 0.3 is 0 Å². The van der Waals surface area contributed by atoms with Gasteiger partial charge in [0.2, 0.25) is 5.91 Å². The van der Waals surface area contributed by atoms with E-state index >= 15 is 0 Å². The number of piperazine rings is 1. The predicted octanol–water partition coefficient (Wildman–Crippen LogP) is 2.61. The van der Waals surface area contributed by atoms with Crippen LogP contribution in [0.3, 0.4) is 0 Å². The summed E-state index contributed by atoms with van der Waals surface area (Å²) in [5.41, 5.74) is 2.65. The van der Waals surface area contributed by atoms with Gasteiger partial charge in [-0.15, -0.1) is 0 Å². The normalized spacial score (nSPS) is 17.0. The molecule has 1 saturated heterocycles. The molecular formula is C20H22N2O3S. The average molecular weight is 370 g/mol. The number of para-hydroxylation sites is 1. The number of fused-ring (bicyclic) bond motifs is 3. The summed E-state index contributed by atoms with van der Waals surface area (Å²) >= 11 is 0. The van der Waals surface area contributed by atoms with E-state index in [2.05, 4.69) is 11.9 Å². The molecule has 0 radical (unpaired) electrons. The summed E-state index contributed by atoms with van der Waals surface area (Å²) in [5.74, 6) is 0.467. The van der Waals surface area contributed by atoms with Crippen molar-refractivity contribution in [3.63, 3.8) is 0 Å². The Bertz CT molecular complexity index is 974. The molecule has 2 heterocycles. The highest BCUT2D eigenvalue weighted by Crippen LogP contribution is 2.29. The zero-order valence-electron chi connectivity index (χ0n) is 14.8. The third-order valence-corrected chi connectivity index (χ3v) is 6.13. The Labute approximate surface area is 155 Å². The maximum atomic E-state index is 12.5. The predicted molar refractivity (Wildman–Crippen MR) is 105 cm³/mol. The van der Waals surface area contributed by atoms with Crippen LogP contribution in [-0.4, -0.2) is 58.9 Å². The van der Waals surface area contributed by atoms with Crippen LogP contribution in [0.4, 0.5) is 0 Å². The Morgan fingerprint density at radius 3 is 2.58 bits per heavy atom. The summed E-state index contributed by atoms with van der Waals surface area (Å²) in [6.07, 6.45) is 0. The van der Waals surface area contributed by atoms with E-state index in [0.717, 1.165) is 53.7 Å². The number of nitrogens with zero attached hydrogens (tertiary/aromatic N) is 2. The van der Waals surface area contributed by atoms with Crippen molar-refractivity contribution < 1.29 is 13.4 Å². The highest BCUT2D eigenvalue weighted by atomic mass is 32.2. The molecule has 1 aliphatic heterocycles. The van der Waals surface area contributed by atoms with Gasteiger partial charge in [0.25, 0.3) is 0 Å². The molecule has 0 N–H and O–H groups in total. The van der Waals surface area contributed by atoms with Crippen molar-refractivity contribution in [2.24, 2.45) is 0 Å². The zero-order valence-corrected chi connectivity index (χ0v) is 15.6. The second kappa shape index (κ2) is 7.21. The third kappa shape index (κ3) is 3.52. The molecular weight excluding hydrogens is 348 g/mol. The fourth-order valence-corrected chi connectivity index (χ4v) is 4.50. The van der Waals surface area contributed by atoms with Crippen molar-refractivity contribution in [1.29, 1.82) is 0 Å². The first-order chi connectivity index (χ1) is 12.6. The van der Waals surface area contributed by atoms with Gasteiger partial charge < -0.3 is 14.2 Å². The lowest BCUT2D eigenvalue weighted by Crippen LogP contribution is -2.48. The molecule has 1 unspecified atom stereocenters. The number of furan rings is 1. The Hall–Kier alpha value is -2.18. The van der Waals surface area contributed by atoms with Crippen LogP contribution in [0.5, 0.6) is 0 Å². The average Bonchev–Trinajstić information content (AvgIpc) is 3.00. The first kappa shape index (κ1) is 17.2. The SMILES string of the molecule is CN1CCN(C(=O)CS(=O)Cc2ccc3oc4ccccc4c3c2)CC1. The van der Waals surface area contributed by atoms with Gasteiger partial charge in [0, 0.05) is 53.5 Å². The molecule has 4 rings (SSSR count). The molecule has 1 fully saturated rings. The van der Waals surface area contributed by atoms with Crippen molar-refractivity contribution >= 4 is 38.6 Å².